The Bertz CT molecular complexity index is 109. The quantitative estimate of drug-likeness (QED) is 0.557. The van der Waals surface area contributed by atoms with Crippen LogP contribution in [0, 0.1) is 0 Å². The number of rotatable bonds is 3. The minimum Gasteiger partial charge on any atom is -0.394 e. The van der Waals surface area contributed by atoms with Gasteiger partial charge in [-0.1, -0.05) is 6.58 Å². The number of hydrogen-bond acceptors (Lipinski definition) is 3. The second kappa shape index (κ2) is 9.13. The van der Waals surface area contributed by atoms with E-state index >= 15 is 0 Å². The highest BCUT2D eigenvalue weighted by Crippen LogP contribution is 1.78. The van der Waals surface area contributed by atoms with Crippen LogP contribution in [0.15, 0.2) is 12.2 Å². The summed E-state index contributed by atoms with van der Waals surface area (Å²) in [7, 11) is 1.55. The SMILES string of the molecule is C=C(C)C(N)=O.COCCO. The van der Waals surface area contributed by atoms with Crippen LogP contribution in [0.2, 0.25) is 0 Å². The molecule has 0 aromatic rings. The van der Waals surface area contributed by atoms with Crippen LogP contribution < -0.4 is 5.73 Å². The molecule has 0 saturated carbocycles. The molecule has 0 aliphatic carbocycles. The first kappa shape index (κ1) is 12.8. The van der Waals surface area contributed by atoms with Crippen molar-refractivity contribution in [3.05, 3.63) is 12.2 Å². The first-order valence-electron chi connectivity index (χ1n) is 3.11. The third-order valence-corrected chi connectivity index (χ3v) is 0.716. The van der Waals surface area contributed by atoms with Gasteiger partial charge < -0.3 is 15.6 Å². The highest BCUT2D eigenvalue weighted by atomic mass is 16.5. The molecule has 0 fully saturated rings. The number of aliphatic hydroxyl groups is 1. The van der Waals surface area contributed by atoms with E-state index < -0.39 is 5.91 Å². The van der Waals surface area contributed by atoms with Gasteiger partial charge in [-0.15, -0.1) is 0 Å². The van der Waals surface area contributed by atoms with Crippen molar-refractivity contribution in [1.29, 1.82) is 0 Å². The molecular weight excluding hydrogens is 146 g/mol. The molecule has 0 aliphatic heterocycles. The van der Waals surface area contributed by atoms with E-state index in [0.717, 1.165) is 0 Å². The zero-order valence-corrected chi connectivity index (χ0v) is 6.96. The molecule has 0 rings (SSSR count). The Morgan fingerprint density at radius 3 is 2.09 bits per heavy atom. The summed E-state index contributed by atoms with van der Waals surface area (Å²) < 4.78 is 4.44. The highest BCUT2D eigenvalue weighted by molar-refractivity contribution is 5.90. The molecule has 1 amide bonds. The minimum absolute atomic E-state index is 0.122. The summed E-state index contributed by atoms with van der Waals surface area (Å²) in [5.74, 6) is -0.435. The van der Waals surface area contributed by atoms with Gasteiger partial charge >= 0.3 is 0 Å². The molecule has 0 aromatic heterocycles. The lowest BCUT2D eigenvalue weighted by atomic mass is 10.3. The number of ether oxygens (including phenoxy) is 1. The van der Waals surface area contributed by atoms with Crippen molar-refractivity contribution in [3.63, 3.8) is 0 Å². The molecular formula is C7H15NO3. The largest absolute Gasteiger partial charge is 0.394 e. The van der Waals surface area contributed by atoms with Crippen molar-refractivity contribution in [2.45, 2.75) is 6.92 Å². The van der Waals surface area contributed by atoms with Crippen molar-refractivity contribution in [1.82, 2.24) is 0 Å². The molecule has 0 heterocycles. The summed E-state index contributed by atoms with van der Waals surface area (Å²) in [6.07, 6.45) is 0. The first-order valence-corrected chi connectivity index (χ1v) is 3.11. The van der Waals surface area contributed by atoms with Crippen LogP contribution in [0.3, 0.4) is 0 Å². The fourth-order valence-corrected chi connectivity index (χ4v) is 0.0913. The second-order valence-corrected chi connectivity index (χ2v) is 1.86. The molecule has 0 bridgehead atoms. The van der Waals surface area contributed by atoms with Crippen LogP contribution in [0.4, 0.5) is 0 Å². The summed E-state index contributed by atoms with van der Waals surface area (Å²) in [6.45, 7) is 5.42. The standard InChI is InChI=1S/C4H7NO.C3H8O2/c1-3(2)4(5)6;1-5-3-2-4/h1H2,2H3,(H2,5,6);4H,2-3H2,1H3. The van der Waals surface area contributed by atoms with Gasteiger partial charge in [-0.2, -0.15) is 0 Å². The van der Waals surface area contributed by atoms with Crippen molar-refractivity contribution in [2.24, 2.45) is 5.73 Å². The molecule has 4 heteroatoms. The van der Waals surface area contributed by atoms with Gasteiger partial charge in [-0.3, -0.25) is 4.79 Å². The molecule has 0 saturated heterocycles. The lowest BCUT2D eigenvalue weighted by molar-refractivity contribution is -0.114. The van der Waals surface area contributed by atoms with Crippen LogP contribution >= 0.6 is 0 Å². The normalized spacial score (nSPS) is 7.91. The van der Waals surface area contributed by atoms with E-state index in [4.69, 9.17) is 10.8 Å². The zero-order chi connectivity index (χ0) is 9.28. The van der Waals surface area contributed by atoms with Crippen LogP contribution in [-0.2, 0) is 9.53 Å². The number of methoxy groups -OCH3 is 1. The third-order valence-electron chi connectivity index (χ3n) is 0.716. The Morgan fingerprint density at radius 1 is 1.73 bits per heavy atom. The number of nitrogens with two attached hydrogens (primary N) is 1. The third kappa shape index (κ3) is 17.6. The van der Waals surface area contributed by atoms with Crippen molar-refractivity contribution in [2.75, 3.05) is 20.3 Å². The number of carbonyl (C=O) groups is 1. The summed E-state index contributed by atoms with van der Waals surface area (Å²) in [6, 6.07) is 0. The first-order chi connectivity index (χ1) is 5.06. The van der Waals surface area contributed by atoms with E-state index in [1.807, 2.05) is 0 Å². The van der Waals surface area contributed by atoms with Crippen LogP contribution in [0.25, 0.3) is 0 Å². The van der Waals surface area contributed by atoms with Gasteiger partial charge in [0.2, 0.25) is 5.91 Å². The topological polar surface area (TPSA) is 72.6 Å². The minimum atomic E-state index is -0.435. The van der Waals surface area contributed by atoms with E-state index in [-0.39, 0.29) is 6.61 Å². The van der Waals surface area contributed by atoms with E-state index in [1.165, 1.54) is 0 Å². The Labute approximate surface area is 66.7 Å². The van der Waals surface area contributed by atoms with Crippen molar-refractivity contribution >= 4 is 5.91 Å². The maximum Gasteiger partial charge on any atom is 0.243 e. The van der Waals surface area contributed by atoms with Gasteiger partial charge in [0, 0.05) is 12.7 Å². The van der Waals surface area contributed by atoms with E-state index in [1.54, 1.807) is 14.0 Å². The van der Waals surface area contributed by atoms with Crippen LogP contribution in [0.5, 0.6) is 0 Å². The van der Waals surface area contributed by atoms with Crippen molar-refractivity contribution < 1.29 is 14.6 Å². The predicted octanol–water partition coefficient (Wildman–Crippen LogP) is -0.327. The molecule has 0 radical (unpaired) electrons. The number of amides is 1. The fourth-order valence-electron chi connectivity index (χ4n) is 0.0913. The second-order valence-electron chi connectivity index (χ2n) is 1.86. The average molecular weight is 161 g/mol. The molecule has 0 spiro atoms. The van der Waals surface area contributed by atoms with Crippen LogP contribution in [0.1, 0.15) is 6.92 Å². The molecule has 0 unspecified atom stereocenters. The van der Waals surface area contributed by atoms with Gasteiger partial charge in [0.25, 0.3) is 0 Å². The van der Waals surface area contributed by atoms with Gasteiger partial charge in [-0.05, 0) is 6.92 Å². The van der Waals surface area contributed by atoms with Gasteiger partial charge in [0.1, 0.15) is 0 Å². The van der Waals surface area contributed by atoms with E-state index in [0.29, 0.717) is 12.2 Å². The average Bonchev–Trinajstić information content (AvgIpc) is 1.90. The Kier molecular flexibility index (Phi) is 10.6. The Morgan fingerprint density at radius 2 is 2.09 bits per heavy atom. The molecule has 66 valence electrons. The monoisotopic (exact) mass is 161 g/mol. The smallest absolute Gasteiger partial charge is 0.243 e. The Hall–Kier alpha value is -0.870. The molecule has 11 heavy (non-hydrogen) atoms. The molecule has 0 aromatic carbocycles. The maximum absolute atomic E-state index is 9.82. The molecule has 4 nitrogen and oxygen atoms in total. The molecule has 0 aliphatic rings. The van der Waals surface area contributed by atoms with Crippen LogP contribution in [-0.4, -0.2) is 31.3 Å². The highest BCUT2D eigenvalue weighted by Gasteiger charge is 1.86. The predicted molar refractivity (Wildman–Crippen MR) is 43.0 cm³/mol. The van der Waals surface area contributed by atoms with E-state index in [2.05, 4.69) is 11.3 Å². The van der Waals surface area contributed by atoms with Gasteiger partial charge in [-0.25, -0.2) is 0 Å². The van der Waals surface area contributed by atoms with Crippen molar-refractivity contribution in [3.8, 4) is 0 Å². The Balaban J connectivity index is 0. The van der Waals surface area contributed by atoms with E-state index in [9.17, 15) is 4.79 Å². The number of primary amides is 1. The van der Waals surface area contributed by atoms with Gasteiger partial charge in [0.15, 0.2) is 0 Å². The summed E-state index contributed by atoms with van der Waals surface area (Å²) in [5, 5.41) is 7.94. The zero-order valence-electron chi connectivity index (χ0n) is 6.96. The summed E-state index contributed by atoms with van der Waals surface area (Å²) in [4.78, 5) is 9.82. The number of hydrogen-bond donors (Lipinski definition) is 2. The lowest BCUT2D eigenvalue weighted by Crippen LogP contribution is -2.10. The maximum atomic E-state index is 9.82. The fraction of sp³-hybridized carbons (Fsp3) is 0.571. The number of aliphatic hydroxyl groups excluding tert-OH is 1. The summed E-state index contributed by atoms with van der Waals surface area (Å²) in [5.41, 5.74) is 5.09. The molecule has 3 N–H and O–H groups in total. The van der Waals surface area contributed by atoms with Gasteiger partial charge in [0.05, 0.1) is 13.2 Å². The lowest BCUT2D eigenvalue weighted by Gasteiger charge is -1.84. The summed E-state index contributed by atoms with van der Waals surface area (Å²) >= 11 is 0. The number of carbonyl (C=O) groups excluding carboxylic acids is 1. The molecule has 0 atom stereocenters.